The molecule has 1 aromatic heterocycles. The van der Waals surface area contributed by atoms with Gasteiger partial charge < -0.3 is 20.9 Å². The average molecular weight is 527 g/mol. The van der Waals surface area contributed by atoms with Crippen LogP contribution in [0.2, 0.25) is 5.02 Å². The van der Waals surface area contributed by atoms with Gasteiger partial charge in [0, 0.05) is 31.7 Å². The molecule has 0 bridgehead atoms. The lowest BCUT2D eigenvalue weighted by Crippen LogP contribution is -2.42. The second-order valence-electron chi connectivity index (χ2n) is 9.38. The van der Waals surface area contributed by atoms with Gasteiger partial charge in [-0.15, -0.1) is 0 Å². The van der Waals surface area contributed by atoms with E-state index in [9.17, 15) is 13.2 Å². The van der Waals surface area contributed by atoms with E-state index in [1.54, 1.807) is 0 Å². The maximum absolute atomic E-state index is 13.0. The molecule has 11 heteroatoms. The highest BCUT2D eigenvalue weighted by Gasteiger charge is 2.31. The lowest BCUT2D eigenvalue weighted by atomic mass is 9.91. The minimum atomic E-state index is -4.45. The van der Waals surface area contributed by atoms with Crippen molar-refractivity contribution in [1.29, 1.82) is 0 Å². The van der Waals surface area contributed by atoms with E-state index in [4.69, 9.17) is 33.8 Å². The number of aryl methyl sites for hydroxylation is 1. The maximum Gasteiger partial charge on any atom is 0.416 e. The fraction of sp³-hybridized carbons (Fsp3) is 0.542. The van der Waals surface area contributed by atoms with Gasteiger partial charge in [0.1, 0.15) is 5.82 Å². The summed E-state index contributed by atoms with van der Waals surface area (Å²) in [4.78, 5) is 11.7. The molecule has 0 radical (unpaired) electrons. The summed E-state index contributed by atoms with van der Waals surface area (Å²) in [7, 11) is 4.03. The van der Waals surface area contributed by atoms with Gasteiger partial charge in [-0.2, -0.15) is 18.2 Å². The topological polar surface area (TPSA) is 65.1 Å². The fourth-order valence-corrected chi connectivity index (χ4v) is 5.16. The minimum absolute atomic E-state index is 0.124. The Labute approximate surface area is 214 Å². The molecule has 1 saturated carbocycles. The second kappa shape index (κ2) is 10.7. The first-order valence-electron chi connectivity index (χ1n) is 11.9. The number of nitrogens with one attached hydrogen (secondary N) is 3. The van der Waals surface area contributed by atoms with E-state index in [1.165, 1.54) is 18.1 Å². The highest BCUT2D eigenvalue weighted by Crippen LogP contribution is 2.34. The van der Waals surface area contributed by atoms with Crippen LogP contribution in [0.15, 0.2) is 18.2 Å². The van der Waals surface area contributed by atoms with Gasteiger partial charge in [-0.3, -0.25) is 0 Å². The first kappa shape index (κ1) is 25.8. The Balaban J connectivity index is 1.31. The molecule has 1 heterocycles. The van der Waals surface area contributed by atoms with Crippen LogP contribution in [0.25, 0.3) is 0 Å². The Bertz CT molecular complexity index is 1070. The number of halogens is 4. The molecule has 190 valence electrons. The number of hydrogen-bond acceptors (Lipinski definition) is 5. The summed E-state index contributed by atoms with van der Waals surface area (Å²) in [6, 6.07) is 3.52. The van der Waals surface area contributed by atoms with Crippen LogP contribution in [0.1, 0.15) is 55.3 Å². The molecular formula is C24H30ClF3N6S. The second-order valence-corrected chi connectivity index (χ2v) is 10.2. The Morgan fingerprint density at radius 1 is 1.06 bits per heavy atom. The minimum Gasteiger partial charge on any atom is -0.362 e. The zero-order valence-corrected chi connectivity index (χ0v) is 21.4. The summed E-state index contributed by atoms with van der Waals surface area (Å²) >= 11 is 11.4. The predicted molar refractivity (Wildman–Crippen MR) is 138 cm³/mol. The van der Waals surface area contributed by atoms with E-state index in [0.29, 0.717) is 5.95 Å². The number of nitrogens with zero attached hydrogens (tertiary/aromatic N) is 3. The van der Waals surface area contributed by atoms with E-state index in [-0.39, 0.29) is 27.9 Å². The Morgan fingerprint density at radius 3 is 2.43 bits per heavy atom. The molecule has 3 N–H and O–H groups in total. The van der Waals surface area contributed by atoms with E-state index in [0.717, 1.165) is 68.6 Å². The van der Waals surface area contributed by atoms with Gasteiger partial charge in [-0.05, 0) is 81.8 Å². The van der Waals surface area contributed by atoms with Crippen molar-refractivity contribution >= 4 is 46.4 Å². The van der Waals surface area contributed by atoms with E-state index < -0.39 is 11.7 Å². The maximum atomic E-state index is 13.0. The highest BCUT2D eigenvalue weighted by atomic mass is 35.5. The third-order valence-electron chi connectivity index (χ3n) is 6.52. The molecule has 4 rings (SSSR count). The van der Waals surface area contributed by atoms with E-state index in [1.807, 2.05) is 14.1 Å². The third kappa shape index (κ3) is 6.46. The largest absolute Gasteiger partial charge is 0.416 e. The van der Waals surface area contributed by atoms with Gasteiger partial charge in [0.15, 0.2) is 5.11 Å². The van der Waals surface area contributed by atoms with Gasteiger partial charge >= 0.3 is 6.18 Å². The molecule has 0 atom stereocenters. The van der Waals surface area contributed by atoms with Crippen LogP contribution in [-0.2, 0) is 19.0 Å². The number of anilines is 3. The molecule has 0 unspecified atom stereocenters. The van der Waals surface area contributed by atoms with Crippen molar-refractivity contribution in [3.8, 4) is 0 Å². The lowest BCUT2D eigenvalue weighted by Gasteiger charge is -2.31. The molecule has 0 saturated heterocycles. The Hall–Kier alpha value is -2.33. The van der Waals surface area contributed by atoms with E-state index in [2.05, 4.69) is 20.9 Å². The van der Waals surface area contributed by atoms with Crippen molar-refractivity contribution in [2.45, 2.75) is 69.6 Å². The molecule has 6 nitrogen and oxygen atoms in total. The van der Waals surface area contributed by atoms with Gasteiger partial charge in [-0.1, -0.05) is 11.6 Å². The molecular weight excluding hydrogens is 497 g/mol. The molecule has 1 aromatic carbocycles. The SMILES string of the molecule is CN(C)c1nc(NC2CCC(NC(=S)Nc3cc(C(F)(F)F)ccc3Cl)CC2)nc2c1CCCC2. The number of thiocarbonyl (C=S) groups is 1. The fourth-order valence-electron chi connectivity index (χ4n) is 4.71. The van der Waals surface area contributed by atoms with Crippen molar-refractivity contribution in [3.63, 3.8) is 0 Å². The number of fused-ring (bicyclic) bond motifs is 1. The molecule has 2 aliphatic carbocycles. The summed E-state index contributed by atoms with van der Waals surface area (Å²) in [5, 5.41) is 9.99. The van der Waals surface area contributed by atoms with Crippen molar-refractivity contribution in [3.05, 3.63) is 40.0 Å². The van der Waals surface area contributed by atoms with Crippen LogP contribution in [0.3, 0.4) is 0 Å². The number of rotatable bonds is 5. The van der Waals surface area contributed by atoms with Crippen LogP contribution >= 0.6 is 23.8 Å². The van der Waals surface area contributed by atoms with Crippen molar-refractivity contribution in [2.24, 2.45) is 0 Å². The monoisotopic (exact) mass is 526 g/mol. The van der Waals surface area contributed by atoms with Crippen LogP contribution in [0.5, 0.6) is 0 Å². The van der Waals surface area contributed by atoms with Gasteiger partial charge in [0.2, 0.25) is 5.95 Å². The first-order valence-corrected chi connectivity index (χ1v) is 12.7. The van der Waals surface area contributed by atoms with Crippen molar-refractivity contribution in [2.75, 3.05) is 29.6 Å². The number of aromatic nitrogens is 2. The smallest absolute Gasteiger partial charge is 0.362 e. The standard InChI is InChI=1S/C24H30ClF3N6S/c1-34(2)21-17-5-3-4-6-19(17)31-22(33-21)29-15-8-10-16(11-9-15)30-23(35)32-20-13-14(24(26,27)28)7-12-18(20)25/h7,12-13,15-16H,3-6,8-11H2,1-2H3,(H,29,31,33)(H2,30,32,35). The third-order valence-corrected chi connectivity index (χ3v) is 7.07. The zero-order valence-electron chi connectivity index (χ0n) is 19.8. The summed E-state index contributed by atoms with van der Waals surface area (Å²) in [5.74, 6) is 1.68. The molecule has 0 aliphatic heterocycles. The Kier molecular flexibility index (Phi) is 7.90. The first-order chi connectivity index (χ1) is 16.6. The van der Waals surface area contributed by atoms with Crippen LogP contribution in [-0.4, -0.2) is 41.3 Å². The number of hydrogen-bond donors (Lipinski definition) is 3. The molecule has 35 heavy (non-hydrogen) atoms. The van der Waals surface area contributed by atoms with Gasteiger partial charge in [-0.25, -0.2) is 4.98 Å². The molecule has 0 spiro atoms. The normalized spacial score (nSPS) is 20.1. The quantitative estimate of drug-likeness (QED) is 0.425. The van der Waals surface area contributed by atoms with Crippen molar-refractivity contribution < 1.29 is 13.2 Å². The summed E-state index contributed by atoms with van der Waals surface area (Å²) in [6.45, 7) is 0. The summed E-state index contributed by atoms with van der Waals surface area (Å²) < 4.78 is 39.0. The van der Waals surface area contributed by atoms with Gasteiger partial charge in [0.25, 0.3) is 0 Å². The number of benzene rings is 1. The van der Waals surface area contributed by atoms with Gasteiger partial charge in [0.05, 0.1) is 22.0 Å². The number of alkyl halides is 3. The van der Waals surface area contributed by atoms with Crippen LogP contribution in [0, 0.1) is 0 Å². The zero-order chi connectivity index (χ0) is 25.2. The highest BCUT2D eigenvalue weighted by molar-refractivity contribution is 7.80. The Morgan fingerprint density at radius 2 is 1.74 bits per heavy atom. The molecule has 2 aromatic rings. The molecule has 2 aliphatic rings. The van der Waals surface area contributed by atoms with E-state index >= 15 is 0 Å². The lowest BCUT2D eigenvalue weighted by molar-refractivity contribution is -0.137. The average Bonchev–Trinajstić information content (AvgIpc) is 2.80. The summed E-state index contributed by atoms with van der Waals surface area (Å²) in [5.41, 5.74) is 1.77. The summed E-state index contributed by atoms with van der Waals surface area (Å²) in [6.07, 6.45) is 3.44. The molecule has 1 fully saturated rings. The predicted octanol–water partition coefficient (Wildman–Crippen LogP) is 5.80. The molecule has 0 amide bonds. The van der Waals surface area contributed by atoms with Crippen molar-refractivity contribution in [1.82, 2.24) is 15.3 Å². The van der Waals surface area contributed by atoms with Crippen LogP contribution in [0.4, 0.5) is 30.6 Å². The van der Waals surface area contributed by atoms with Crippen LogP contribution < -0.4 is 20.9 Å².